The van der Waals surface area contributed by atoms with Crippen LogP contribution in [0.15, 0.2) is 18.2 Å². The highest BCUT2D eigenvalue weighted by molar-refractivity contribution is 5.97. The Morgan fingerprint density at radius 3 is 2.45 bits per heavy atom. The predicted octanol–water partition coefficient (Wildman–Crippen LogP) is 2.29. The second-order valence-corrected chi connectivity index (χ2v) is 5.08. The molecule has 0 spiro atoms. The van der Waals surface area contributed by atoms with Gasteiger partial charge < -0.3 is 10.0 Å². The van der Waals surface area contributed by atoms with Crippen molar-refractivity contribution in [3.05, 3.63) is 35.4 Å². The quantitative estimate of drug-likeness (QED) is 0.906. The summed E-state index contributed by atoms with van der Waals surface area (Å²) in [6.45, 7) is 2.08. The highest BCUT2D eigenvalue weighted by Gasteiger charge is 2.36. The number of piperidine rings is 1. The number of halogens is 2. The summed E-state index contributed by atoms with van der Waals surface area (Å²) in [5.41, 5.74) is -0.687. The Kier molecular flexibility index (Phi) is 4.01. The summed E-state index contributed by atoms with van der Waals surface area (Å²) in [5, 5.41) is 9.18. The zero-order valence-corrected chi connectivity index (χ0v) is 11.0. The lowest BCUT2D eigenvalue weighted by molar-refractivity contribution is -0.144. The van der Waals surface area contributed by atoms with Crippen molar-refractivity contribution in [1.29, 1.82) is 0 Å². The van der Waals surface area contributed by atoms with Gasteiger partial charge in [-0.25, -0.2) is 13.6 Å². The first kappa shape index (κ1) is 14.4. The van der Waals surface area contributed by atoms with Crippen LogP contribution >= 0.6 is 0 Å². The molecular weight excluding hydrogens is 268 g/mol. The van der Waals surface area contributed by atoms with E-state index in [0.29, 0.717) is 6.42 Å². The minimum Gasteiger partial charge on any atom is -0.480 e. The van der Waals surface area contributed by atoms with Crippen molar-refractivity contribution >= 4 is 11.9 Å². The van der Waals surface area contributed by atoms with Gasteiger partial charge in [-0.2, -0.15) is 0 Å². The summed E-state index contributed by atoms with van der Waals surface area (Å²) < 4.78 is 27.3. The van der Waals surface area contributed by atoms with Crippen molar-refractivity contribution in [3.8, 4) is 0 Å². The molecule has 1 heterocycles. The van der Waals surface area contributed by atoms with Crippen LogP contribution < -0.4 is 0 Å². The van der Waals surface area contributed by atoms with E-state index in [-0.39, 0.29) is 18.9 Å². The molecule has 1 aromatic carbocycles. The van der Waals surface area contributed by atoms with Crippen LogP contribution in [0.5, 0.6) is 0 Å². The molecule has 108 valence electrons. The van der Waals surface area contributed by atoms with E-state index in [1.165, 1.54) is 0 Å². The molecule has 4 nitrogen and oxygen atoms in total. The second kappa shape index (κ2) is 5.56. The van der Waals surface area contributed by atoms with Crippen LogP contribution in [0.25, 0.3) is 0 Å². The van der Waals surface area contributed by atoms with E-state index in [1.54, 1.807) is 0 Å². The fourth-order valence-electron chi connectivity index (χ4n) is 2.46. The molecule has 2 atom stereocenters. The number of nitrogens with zero attached hydrogens (tertiary/aromatic N) is 1. The summed E-state index contributed by atoms with van der Waals surface area (Å²) in [4.78, 5) is 24.5. The van der Waals surface area contributed by atoms with Crippen LogP contribution in [0, 0.1) is 17.6 Å². The SMILES string of the molecule is CC1CCN(C(=O)c2c(F)cccc2F)C(C(=O)O)C1. The Bertz CT molecular complexity index is 527. The van der Waals surface area contributed by atoms with Gasteiger partial charge >= 0.3 is 5.97 Å². The fourth-order valence-corrected chi connectivity index (χ4v) is 2.46. The molecule has 2 unspecified atom stereocenters. The first-order valence-corrected chi connectivity index (χ1v) is 6.39. The minimum absolute atomic E-state index is 0.158. The fraction of sp³-hybridized carbons (Fsp3) is 0.429. The third-order valence-electron chi connectivity index (χ3n) is 3.59. The summed E-state index contributed by atoms with van der Waals surface area (Å²) >= 11 is 0. The summed E-state index contributed by atoms with van der Waals surface area (Å²) in [6.07, 6.45) is 0.905. The van der Waals surface area contributed by atoms with Crippen molar-refractivity contribution in [1.82, 2.24) is 4.90 Å². The van der Waals surface area contributed by atoms with Gasteiger partial charge in [0.2, 0.25) is 0 Å². The Hall–Kier alpha value is -1.98. The number of hydrogen-bond donors (Lipinski definition) is 1. The molecule has 1 saturated heterocycles. The molecule has 1 N–H and O–H groups in total. The van der Waals surface area contributed by atoms with Crippen molar-refractivity contribution in [2.45, 2.75) is 25.8 Å². The molecule has 6 heteroatoms. The van der Waals surface area contributed by atoms with Crippen molar-refractivity contribution in [3.63, 3.8) is 0 Å². The highest BCUT2D eigenvalue weighted by Crippen LogP contribution is 2.25. The van der Waals surface area contributed by atoms with E-state index in [0.717, 1.165) is 23.1 Å². The van der Waals surface area contributed by atoms with Crippen LogP contribution in [0.3, 0.4) is 0 Å². The highest BCUT2D eigenvalue weighted by atomic mass is 19.1. The van der Waals surface area contributed by atoms with Gasteiger partial charge in [0.05, 0.1) is 0 Å². The van der Waals surface area contributed by atoms with Crippen molar-refractivity contribution in [2.75, 3.05) is 6.54 Å². The predicted molar refractivity (Wildman–Crippen MR) is 67.2 cm³/mol. The Balaban J connectivity index is 2.34. The van der Waals surface area contributed by atoms with Gasteiger partial charge in [-0.3, -0.25) is 4.79 Å². The molecule has 0 radical (unpaired) electrons. The van der Waals surface area contributed by atoms with Gasteiger partial charge in [0.1, 0.15) is 23.2 Å². The van der Waals surface area contributed by atoms with Gasteiger partial charge in [-0.1, -0.05) is 13.0 Å². The second-order valence-electron chi connectivity index (χ2n) is 5.08. The van der Waals surface area contributed by atoms with Gasteiger partial charge in [0.15, 0.2) is 0 Å². The number of hydrogen-bond acceptors (Lipinski definition) is 2. The number of aliphatic carboxylic acids is 1. The Morgan fingerprint density at radius 2 is 1.90 bits per heavy atom. The third-order valence-corrected chi connectivity index (χ3v) is 3.59. The topological polar surface area (TPSA) is 57.6 Å². The number of carbonyl (C=O) groups is 2. The monoisotopic (exact) mass is 283 g/mol. The molecule has 1 aliphatic heterocycles. The zero-order valence-electron chi connectivity index (χ0n) is 11.0. The first-order chi connectivity index (χ1) is 9.41. The first-order valence-electron chi connectivity index (χ1n) is 6.39. The van der Waals surface area contributed by atoms with E-state index >= 15 is 0 Å². The third kappa shape index (κ3) is 2.64. The maximum absolute atomic E-state index is 13.6. The number of amides is 1. The number of carboxylic acid groups (broad SMARTS) is 1. The molecule has 0 aromatic heterocycles. The minimum atomic E-state index is -1.15. The lowest BCUT2D eigenvalue weighted by atomic mass is 9.92. The van der Waals surface area contributed by atoms with E-state index in [9.17, 15) is 23.5 Å². The molecule has 2 rings (SSSR count). The van der Waals surface area contributed by atoms with Crippen molar-refractivity contribution < 1.29 is 23.5 Å². The van der Waals surface area contributed by atoms with E-state index < -0.39 is 35.1 Å². The van der Waals surface area contributed by atoms with E-state index in [4.69, 9.17) is 0 Å². The lowest BCUT2D eigenvalue weighted by Gasteiger charge is -2.36. The molecule has 0 saturated carbocycles. The van der Waals surface area contributed by atoms with E-state index in [1.807, 2.05) is 6.92 Å². The molecule has 1 aliphatic rings. The number of carboxylic acids is 1. The van der Waals surface area contributed by atoms with Crippen LogP contribution in [0.2, 0.25) is 0 Å². The average molecular weight is 283 g/mol. The summed E-state index contributed by atoms with van der Waals surface area (Å²) in [7, 11) is 0. The number of rotatable bonds is 2. The molecule has 0 bridgehead atoms. The maximum Gasteiger partial charge on any atom is 0.326 e. The molecule has 1 aromatic rings. The number of likely N-dealkylation sites (tertiary alicyclic amines) is 1. The standard InChI is InChI=1S/C14H15F2NO3/c1-8-5-6-17(11(7-8)14(19)20)13(18)12-9(15)3-2-4-10(12)16/h2-4,8,11H,5-7H2,1H3,(H,19,20). The zero-order chi connectivity index (χ0) is 14.9. The molecule has 1 amide bonds. The van der Waals surface area contributed by atoms with Gasteiger partial charge in [0.25, 0.3) is 5.91 Å². The Morgan fingerprint density at radius 1 is 1.30 bits per heavy atom. The van der Waals surface area contributed by atoms with Crippen LogP contribution in [0.4, 0.5) is 8.78 Å². The van der Waals surface area contributed by atoms with Crippen molar-refractivity contribution in [2.24, 2.45) is 5.92 Å². The summed E-state index contributed by atoms with van der Waals surface area (Å²) in [6, 6.07) is 2.09. The van der Waals surface area contributed by atoms with Gasteiger partial charge in [0, 0.05) is 6.54 Å². The Labute approximate surface area is 115 Å². The molecule has 1 fully saturated rings. The van der Waals surface area contributed by atoms with Crippen LogP contribution in [0.1, 0.15) is 30.1 Å². The van der Waals surface area contributed by atoms with Gasteiger partial charge in [-0.05, 0) is 30.9 Å². The van der Waals surface area contributed by atoms with Crippen LogP contribution in [-0.4, -0.2) is 34.5 Å². The molecule has 0 aliphatic carbocycles. The smallest absolute Gasteiger partial charge is 0.326 e. The largest absolute Gasteiger partial charge is 0.480 e. The maximum atomic E-state index is 13.6. The van der Waals surface area contributed by atoms with E-state index in [2.05, 4.69) is 0 Å². The normalized spacial score (nSPS) is 22.6. The number of carbonyl (C=O) groups excluding carboxylic acids is 1. The van der Waals surface area contributed by atoms with Crippen LogP contribution in [-0.2, 0) is 4.79 Å². The molecule has 20 heavy (non-hydrogen) atoms. The number of benzene rings is 1. The molecular formula is C14H15F2NO3. The van der Waals surface area contributed by atoms with Gasteiger partial charge in [-0.15, -0.1) is 0 Å². The average Bonchev–Trinajstić information content (AvgIpc) is 2.38. The lowest BCUT2D eigenvalue weighted by Crippen LogP contribution is -2.50. The summed E-state index contributed by atoms with van der Waals surface area (Å²) in [5.74, 6) is -3.84.